The minimum Gasteiger partial charge on any atom is -0.459 e. The van der Waals surface area contributed by atoms with Crippen molar-refractivity contribution >= 4 is 40.0 Å². The van der Waals surface area contributed by atoms with Gasteiger partial charge in [0.05, 0.1) is 5.52 Å². The van der Waals surface area contributed by atoms with Crippen LogP contribution in [0.25, 0.3) is 11.1 Å². The Kier molecular flexibility index (Phi) is 3.81. The molecule has 0 aliphatic heterocycles. The average Bonchev–Trinajstić information content (AvgIpc) is 3.05. The summed E-state index contributed by atoms with van der Waals surface area (Å²) in [7, 11) is 0. The summed E-state index contributed by atoms with van der Waals surface area (Å²) in [6.45, 7) is -0.00367. The third kappa shape index (κ3) is 3.01. The quantitative estimate of drug-likeness (QED) is 0.692. The normalized spacial score (nSPS) is 10.9. The van der Waals surface area contributed by atoms with E-state index < -0.39 is 11.7 Å². The second kappa shape index (κ2) is 5.75. The van der Waals surface area contributed by atoms with Crippen molar-refractivity contribution in [2.24, 2.45) is 0 Å². The number of benzene rings is 1. The largest absolute Gasteiger partial charge is 0.459 e. The summed E-state index contributed by atoms with van der Waals surface area (Å²) in [6.07, 6.45) is 0. The maximum absolute atomic E-state index is 11.8. The van der Waals surface area contributed by atoms with Crippen LogP contribution in [0.1, 0.15) is 5.56 Å². The lowest BCUT2D eigenvalue weighted by molar-refractivity contribution is -0.145. The summed E-state index contributed by atoms with van der Waals surface area (Å²) in [5, 5.41) is 4.26. The number of carbonyl (C=O) groups is 1. The Morgan fingerprint density at radius 2 is 2.24 bits per heavy atom. The van der Waals surface area contributed by atoms with Gasteiger partial charge in [0.1, 0.15) is 13.2 Å². The molecule has 0 fully saturated rings. The Morgan fingerprint density at radius 3 is 3.00 bits per heavy atom. The van der Waals surface area contributed by atoms with Gasteiger partial charge in [0, 0.05) is 16.7 Å². The predicted molar refractivity (Wildman–Crippen MR) is 79.6 cm³/mol. The van der Waals surface area contributed by atoms with Gasteiger partial charge in [-0.3, -0.25) is 9.36 Å². The van der Waals surface area contributed by atoms with Crippen molar-refractivity contribution in [3.05, 3.63) is 56.2 Å². The first-order chi connectivity index (χ1) is 10.1. The lowest BCUT2D eigenvalue weighted by Gasteiger charge is -2.04. The van der Waals surface area contributed by atoms with Crippen LogP contribution in [0, 0.1) is 0 Å². The molecule has 0 amide bonds. The molecule has 2 aromatic heterocycles. The minimum atomic E-state index is -0.611. The first kappa shape index (κ1) is 13.9. The first-order valence-electron chi connectivity index (χ1n) is 6.09. The fraction of sp³-hybridized carbons (Fsp3) is 0.143. The highest BCUT2D eigenvalue weighted by Crippen LogP contribution is 2.18. The van der Waals surface area contributed by atoms with Gasteiger partial charge in [-0.05, 0) is 29.0 Å². The van der Waals surface area contributed by atoms with E-state index in [1.165, 1.54) is 22.0 Å². The lowest BCUT2D eigenvalue weighted by Crippen LogP contribution is -2.21. The number of hydrogen-bond acceptors (Lipinski definition) is 5. The van der Waals surface area contributed by atoms with Crippen LogP contribution >= 0.6 is 22.9 Å². The molecule has 7 heteroatoms. The zero-order valence-electron chi connectivity index (χ0n) is 10.7. The van der Waals surface area contributed by atoms with Crippen LogP contribution in [0.5, 0.6) is 0 Å². The Labute approximate surface area is 128 Å². The molecule has 2 heterocycles. The molecule has 0 saturated carbocycles. The van der Waals surface area contributed by atoms with E-state index in [0.29, 0.717) is 16.1 Å². The zero-order chi connectivity index (χ0) is 14.8. The topological polar surface area (TPSA) is 61.4 Å². The van der Waals surface area contributed by atoms with Gasteiger partial charge in [0.25, 0.3) is 0 Å². The molecule has 1 aromatic carbocycles. The molecule has 0 spiro atoms. The Hall–Kier alpha value is -2.05. The third-order valence-electron chi connectivity index (χ3n) is 2.90. The summed E-state index contributed by atoms with van der Waals surface area (Å²) in [6, 6.07) is 6.67. The monoisotopic (exact) mass is 323 g/mol. The van der Waals surface area contributed by atoms with Crippen LogP contribution in [0.4, 0.5) is 0 Å². The van der Waals surface area contributed by atoms with E-state index in [1.54, 1.807) is 12.1 Å². The molecular weight excluding hydrogens is 314 g/mol. The molecule has 0 atom stereocenters. The highest BCUT2D eigenvalue weighted by Gasteiger charge is 2.14. The predicted octanol–water partition coefficient (Wildman–Crippen LogP) is 3.05. The highest BCUT2D eigenvalue weighted by atomic mass is 35.5. The van der Waals surface area contributed by atoms with Gasteiger partial charge in [-0.2, -0.15) is 11.3 Å². The van der Waals surface area contributed by atoms with E-state index in [2.05, 4.69) is 0 Å². The van der Waals surface area contributed by atoms with Gasteiger partial charge in [-0.25, -0.2) is 4.79 Å². The van der Waals surface area contributed by atoms with Crippen molar-refractivity contribution in [3.8, 4) is 0 Å². The SMILES string of the molecule is O=C(Cn1c(=O)oc2cc(Cl)ccc21)OCc1ccsc1. The van der Waals surface area contributed by atoms with Crippen LogP contribution in [-0.4, -0.2) is 10.5 Å². The first-order valence-corrected chi connectivity index (χ1v) is 7.41. The summed E-state index contributed by atoms with van der Waals surface area (Å²) in [5.41, 5.74) is 1.78. The van der Waals surface area contributed by atoms with Crippen LogP contribution in [0.3, 0.4) is 0 Å². The van der Waals surface area contributed by atoms with Crippen LogP contribution in [0.2, 0.25) is 5.02 Å². The van der Waals surface area contributed by atoms with E-state index in [-0.39, 0.29) is 13.2 Å². The molecule has 3 aromatic rings. The number of hydrogen-bond donors (Lipinski definition) is 0. The number of nitrogens with zero attached hydrogens (tertiary/aromatic N) is 1. The Bertz CT molecular complexity index is 834. The maximum Gasteiger partial charge on any atom is 0.420 e. The standard InChI is InChI=1S/C14H10ClNO4S/c15-10-1-2-11-12(5-10)20-14(18)16(11)6-13(17)19-7-9-3-4-21-8-9/h1-5,8H,6-7H2. The molecule has 0 aliphatic rings. The van der Waals surface area contributed by atoms with Gasteiger partial charge < -0.3 is 9.15 Å². The highest BCUT2D eigenvalue weighted by molar-refractivity contribution is 7.07. The summed E-state index contributed by atoms with van der Waals surface area (Å²) in [5.74, 6) is -1.11. The molecule has 21 heavy (non-hydrogen) atoms. The molecule has 5 nitrogen and oxygen atoms in total. The van der Waals surface area contributed by atoms with E-state index in [0.717, 1.165) is 5.56 Å². The molecule has 0 unspecified atom stereocenters. The van der Waals surface area contributed by atoms with Crippen molar-refractivity contribution in [1.29, 1.82) is 0 Å². The number of halogens is 1. The molecular formula is C14H10ClNO4S. The number of ether oxygens (including phenoxy) is 1. The fourth-order valence-electron chi connectivity index (χ4n) is 1.90. The average molecular weight is 324 g/mol. The van der Waals surface area contributed by atoms with Gasteiger partial charge in [0.15, 0.2) is 5.58 Å². The molecule has 0 aliphatic carbocycles. The number of fused-ring (bicyclic) bond motifs is 1. The summed E-state index contributed by atoms with van der Waals surface area (Å²) in [4.78, 5) is 23.6. The van der Waals surface area contributed by atoms with Gasteiger partial charge in [-0.15, -0.1) is 0 Å². The van der Waals surface area contributed by atoms with Crippen LogP contribution < -0.4 is 5.76 Å². The van der Waals surface area contributed by atoms with Crippen molar-refractivity contribution in [3.63, 3.8) is 0 Å². The summed E-state index contributed by atoms with van der Waals surface area (Å²) < 4.78 is 11.4. The van der Waals surface area contributed by atoms with Gasteiger partial charge in [-0.1, -0.05) is 11.6 Å². The van der Waals surface area contributed by atoms with Crippen LogP contribution in [-0.2, 0) is 22.7 Å². The van der Waals surface area contributed by atoms with E-state index in [4.69, 9.17) is 20.8 Å². The molecule has 108 valence electrons. The number of esters is 1. The van der Waals surface area contributed by atoms with Crippen molar-refractivity contribution in [1.82, 2.24) is 4.57 Å². The third-order valence-corrected chi connectivity index (χ3v) is 3.86. The molecule has 0 saturated heterocycles. The van der Waals surface area contributed by atoms with Crippen molar-refractivity contribution in [2.75, 3.05) is 0 Å². The molecule has 3 rings (SSSR count). The number of carbonyl (C=O) groups excluding carboxylic acids is 1. The van der Waals surface area contributed by atoms with E-state index in [9.17, 15) is 9.59 Å². The fourth-order valence-corrected chi connectivity index (χ4v) is 2.72. The second-order valence-electron chi connectivity index (χ2n) is 4.36. The number of rotatable bonds is 4. The Morgan fingerprint density at radius 1 is 1.38 bits per heavy atom. The van der Waals surface area contributed by atoms with E-state index in [1.807, 2.05) is 16.8 Å². The number of aromatic nitrogens is 1. The van der Waals surface area contributed by atoms with Gasteiger partial charge >= 0.3 is 11.7 Å². The minimum absolute atomic E-state index is 0.193. The van der Waals surface area contributed by atoms with Crippen molar-refractivity contribution in [2.45, 2.75) is 13.2 Å². The molecule has 0 N–H and O–H groups in total. The van der Waals surface area contributed by atoms with Crippen LogP contribution in [0.15, 0.2) is 44.2 Å². The summed E-state index contributed by atoms with van der Waals surface area (Å²) >= 11 is 7.36. The van der Waals surface area contributed by atoms with Gasteiger partial charge in [0.2, 0.25) is 0 Å². The second-order valence-corrected chi connectivity index (χ2v) is 5.57. The van der Waals surface area contributed by atoms with E-state index >= 15 is 0 Å². The lowest BCUT2D eigenvalue weighted by atomic mass is 10.3. The molecule has 0 radical (unpaired) electrons. The smallest absolute Gasteiger partial charge is 0.420 e. The maximum atomic E-state index is 11.8. The molecule has 0 bridgehead atoms. The number of thiophene rings is 1. The number of oxazole rings is 1. The van der Waals surface area contributed by atoms with Crippen molar-refractivity contribution < 1.29 is 13.9 Å². The zero-order valence-corrected chi connectivity index (χ0v) is 12.3. The Balaban J connectivity index is 1.76.